The molecule has 0 amide bonds. The molecule has 4 aromatic heterocycles. The quantitative estimate of drug-likeness (QED) is 0.411. The van der Waals surface area contributed by atoms with Crippen LogP contribution >= 0.6 is 0 Å². The van der Waals surface area contributed by atoms with Crippen molar-refractivity contribution in [2.45, 2.75) is 6.54 Å². The number of nitrogen functional groups attached to an aromatic ring is 1. The number of nitrogens with zero attached hydrogens (tertiary/aromatic N) is 5. The van der Waals surface area contributed by atoms with Gasteiger partial charge in [-0.25, -0.2) is 23.8 Å². The lowest BCUT2D eigenvalue weighted by Gasteiger charge is -2.12. The highest BCUT2D eigenvalue weighted by atomic mass is 19.1. The Labute approximate surface area is 197 Å². The summed E-state index contributed by atoms with van der Waals surface area (Å²) in [6.45, 7) is 0.0833. The van der Waals surface area contributed by atoms with E-state index in [9.17, 15) is 9.18 Å². The molecular weight excluding hydrogens is 447 g/mol. The number of aromatic nitrogens is 5. The van der Waals surface area contributed by atoms with Gasteiger partial charge in [-0.15, -0.1) is 0 Å². The topological polar surface area (TPSA) is 113 Å². The van der Waals surface area contributed by atoms with Crippen molar-refractivity contribution in [1.29, 1.82) is 0 Å². The predicted molar refractivity (Wildman–Crippen MR) is 130 cm³/mol. The van der Waals surface area contributed by atoms with Crippen LogP contribution in [-0.4, -0.2) is 24.7 Å². The highest BCUT2D eigenvalue weighted by Crippen LogP contribution is 2.34. The number of halogens is 1. The van der Waals surface area contributed by atoms with Crippen LogP contribution in [0.25, 0.3) is 44.2 Å². The number of hydrogen-bond donors (Lipinski definition) is 1. The zero-order valence-electron chi connectivity index (χ0n) is 18.2. The molecule has 35 heavy (non-hydrogen) atoms. The van der Waals surface area contributed by atoms with Gasteiger partial charge in [0.05, 0.1) is 17.0 Å². The minimum atomic E-state index is -0.507. The van der Waals surface area contributed by atoms with Gasteiger partial charge in [0.1, 0.15) is 36.0 Å². The number of anilines is 1. The first kappa shape index (κ1) is 20.7. The molecule has 0 bridgehead atoms. The van der Waals surface area contributed by atoms with Crippen molar-refractivity contribution >= 4 is 27.6 Å². The van der Waals surface area contributed by atoms with Gasteiger partial charge in [0.25, 0.3) is 0 Å². The molecule has 9 heteroatoms. The lowest BCUT2D eigenvalue weighted by atomic mass is 9.98. The zero-order chi connectivity index (χ0) is 23.9. The number of nitrogens with two attached hydrogens (primary N) is 1. The van der Waals surface area contributed by atoms with Crippen molar-refractivity contribution in [3.8, 4) is 22.4 Å². The number of fused-ring (bicyclic) bond motifs is 2. The highest BCUT2D eigenvalue weighted by molar-refractivity contribution is 5.99. The van der Waals surface area contributed by atoms with Crippen LogP contribution in [0.15, 0.2) is 88.6 Å². The maximum atomic E-state index is 13.9. The van der Waals surface area contributed by atoms with Gasteiger partial charge in [-0.05, 0) is 17.7 Å². The van der Waals surface area contributed by atoms with Crippen LogP contribution in [0.5, 0.6) is 0 Å². The number of pyridine rings is 1. The van der Waals surface area contributed by atoms with E-state index in [1.165, 1.54) is 18.6 Å². The van der Waals surface area contributed by atoms with E-state index in [2.05, 4.69) is 20.1 Å². The SMILES string of the molecule is Nc1ncnc2c1c(-c1cncc(F)c1)nn2Cc1oc(=O)c2ccccc2c1-c1ccccc1. The van der Waals surface area contributed by atoms with Crippen LogP contribution in [0.4, 0.5) is 10.2 Å². The Kier molecular flexibility index (Phi) is 4.81. The van der Waals surface area contributed by atoms with E-state index in [4.69, 9.17) is 10.2 Å². The van der Waals surface area contributed by atoms with E-state index in [1.54, 1.807) is 16.8 Å². The maximum absolute atomic E-state index is 13.9. The largest absolute Gasteiger partial charge is 0.425 e. The van der Waals surface area contributed by atoms with Gasteiger partial charge in [0, 0.05) is 22.7 Å². The Hall–Kier alpha value is -4.92. The summed E-state index contributed by atoms with van der Waals surface area (Å²) in [6, 6.07) is 18.3. The molecule has 0 unspecified atom stereocenters. The third-order valence-electron chi connectivity index (χ3n) is 5.80. The Morgan fingerprint density at radius 2 is 1.71 bits per heavy atom. The van der Waals surface area contributed by atoms with Gasteiger partial charge >= 0.3 is 5.63 Å². The second-order valence-electron chi connectivity index (χ2n) is 7.95. The lowest BCUT2D eigenvalue weighted by molar-refractivity contribution is 0.449. The molecule has 0 aliphatic rings. The molecule has 6 rings (SSSR count). The molecule has 0 atom stereocenters. The third kappa shape index (κ3) is 3.50. The summed E-state index contributed by atoms with van der Waals surface area (Å²) < 4.78 is 21.3. The first-order chi connectivity index (χ1) is 17.1. The summed E-state index contributed by atoms with van der Waals surface area (Å²) in [7, 11) is 0. The molecule has 0 spiro atoms. The van der Waals surface area contributed by atoms with Gasteiger partial charge in [0.15, 0.2) is 5.65 Å². The Morgan fingerprint density at radius 1 is 0.943 bits per heavy atom. The molecule has 0 aliphatic carbocycles. The van der Waals surface area contributed by atoms with E-state index in [-0.39, 0.29) is 12.4 Å². The van der Waals surface area contributed by atoms with E-state index in [0.717, 1.165) is 22.7 Å². The molecule has 0 aliphatic heterocycles. The first-order valence-corrected chi connectivity index (χ1v) is 10.8. The normalized spacial score (nSPS) is 11.3. The average molecular weight is 464 g/mol. The number of benzene rings is 2. The minimum absolute atomic E-state index is 0.0833. The third-order valence-corrected chi connectivity index (χ3v) is 5.80. The second-order valence-corrected chi connectivity index (χ2v) is 7.95. The van der Waals surface area contributed by atoms with E-state index in [0.29, 0.717) is 33.4 Å². The van der Waals surface area contributed by atoms with Crippen LogP contribution in [-0.2, 0) is 6.54 Å². The Morgan fingerprint density at radius 3 is 2.51 bits per heavy atom. The minimum Gasteiger partial charge on any atom is -0.425 e. The predicted octanol–water partition coefficient (Wildman–Crippen LogP) is 4.43. The van der Waals surface area contributed by atoms with Crippen LogP contribution in [0, 0.1) is 5.82 Å². The molecule has 2 aromatic carbocycles. The van der Waals surface area contributed by atoms with Gasteiger partial charge < -0.3 is 10.2 Å². The summed E-state index contributed by atoms with van der Waals surface area (Å²) in [6.07, 6.45) is 3.93. The monoisotopic (exact) mass is 464 g/mol. The molecule has 170 valence electrons. The van der Waals surface area contributed by atoms with Gasteiger partial charge in [-0.3, -0.25) is 4.98 Å². The van der Waals surface area contributed by atoms with Crippen molar-refractivity contribution in [1.82, 2.24) is 24.7 Å². The van der Waals surface area contributed by atoms with Crippen molar-refractivity contribution < 1.29 is 8.81 Å². The van der Waals surface area contributed by atoms with Gasteiger partial charge in [-0.2, -0.15) is 5.10 Å². The van der Waals surface area contributed by atoms with Crippen LogP contribution in [0.2, 0.25) is 0 Å². The van der Waals surface area contributed by atoms with Crippen molar-refractivity contribution in [3.63, 3.8) is 0 Å². The molecule has 0 radical (unpaired) electrons. The molecule has 2 N–H and O–H groups in total. The van der Waals surface area contributed by atoms with Crippen molar-refractivity contribution in [3.05, 3.63) is 101 Å². The van der Waals surface area contributed by atoms with Gasteiger partial charge in [0.2, 0.25) is 0 Å². The average Bonchev–Trinajstić information content (AvgIpc) is 3.24. The summed E-state index contributed by atoms with van der Waals surface area (Å²) in [4.78, 5) is 25.2. The van der Waals surface area contributed by atoms with Crippen molar-refractivity contribution in [2.75, 3.05) is 5.73 Å². The zero-order valence-corrected chi connectivity index (χ0v) is 18.2. The molecule has 0 fully saturated rings. The summed E-state index contributed by atoms with van der Waals surface area (Å²) in [5.41, 5.74) is 8.62. The van der Waals surface area contributed by atoms with Crippen molar-refractivity contribution in [2.24, 2.45) is 0 Å². The highest BCUT2D eigenvalue weighted by Gasteiger charge is 2.21. The molecule has 0 saturated carbocycles. The molecule has 0 saturated heterocycles. The first-order valence-electron chi connectivity index (χ1n) is 10.8. The number of rotatable bonds is 4. The van der Waals surface area contributed by atoms with E-state index >= 15 is 0 Å². The fourth-order valence-electron chi connectivity index (χ4n) is 4.30. The summed E-state index contributed by atoms with van der Waals surface area (Å²) in [5, 5.41) is 6.38. The molecule has 6 aromatic rings. The lowest BCUT2D eigenvalue weighted by Crippen LogP contribution is -2.10. The summed E-state index contributed by atoms with van der Waals surface area (Å²) >= 11 is 0. The van der Waals surface area contributed by atoms with Crippen LogP contribution in [0.1, 0.15) is 5.76 Å². The number of hydrogen-bond acceptors (Lipinski definition) is 7. The maximum Gasteiger partial charge on any atom is 0.343 e. The van der Waals surface area contributed by atoms with Crippen LogP contribution < -0.4 is 11.4 Å². The molecule has 8 nitrogen and oxygen atoms in total. The Bertz CT molecular complexity index is 1780. The van der Waals surface area contributed by atoms with Gasteiger partial charge in [-0.1, -0.05) is 48.5 Å². The Balaban J connectivity index is 1.60. The smallest absolute Gasteiger partial charge is 0.343 e. The standard InChI is InChI=1S/C26H17FN6O2/c27-17-10-16(11-29-12-17)23-22-24(28)30-14-31-25(22)33(32-23)13-20-21(15-6-2-1-3-7-15)18-8-4-5-9-19(18)26(34)35-20/h1-12,14H,13H2,(H2,28,30,31). The summed E-state index contributed by atoms with van der Waals surface area (Å²) in [5.74, 6) is 0.0988. The molecular formula is C26H17FN6O2. The fourth-order valence-corrected chi connectivity index (χ4v) is 4.30. The van der Waals surface area contributed by atoms with E-state index in [1.807, 2.05) is 42.5 Å². The van der Waals surface area contributed by atoms with Crippen LogP contribution in [0.3, 0.4) is 0 Å². The fraction of sp³-hybridized carbons (Fsp3) is 0.0385. The second kappa shape index (κ2) is 8.14. The van der Waals surface area contributed by atoms with E-state index < -0.39 is 11.4 Å². The molecule has 4 heterocycles.